The van der Waals surface area contributed by atoms with Gasteiger partial charge in [0.2, 0.25) is 0 Å². The molecule has 5 heteroatoms. The summed E-state index contributed by atoms with van der Waals surface area (Å²) in [7, 11) is 0. The SMILES string of the molecule is CCN(CC)c1ccc2cc(C(=O)C=Cc3cccc(O)c3)c(=O)oc2c1. The highest BCUT2D eigenvalue weighted by Gasteiger charge is 2.12. The van der Waals surface area contributed by atoms with E-state index in [0.29, 0.717) is 16.5 Å². The molecule has 0 spiro atoms. The third-order valence-corrected chi connectivity index (χ3v) is 4.41. The summed E-state index contributed by atoms with van der Waals surface area (Å²) in [5.41, 5.74) is 1.41. The molecule has 3 aromatic rings. The number of phenolic OH excluding ortho intramolecular Hbond substituents is 1. The second-order valence-corrected chi connectivity index (χ2v) is 6.13. The number of allylic oxidation sites excluding steroid dienone is 1. The molecule has 0 unspecified atom stereocenters. The van der Waals surface area contributed by atoms with Crippen molar-refractivity contribution in [3.8, 4) is 5.75 Å². The van der Waals surface area contributed by atoms with Crippen LogP contribution >= 0.6 is 0 Å². The van der Waals surface area contributed by atoms with Gasteiger partial charge in [0.1, 0.15) is 16.9 Å². The van der Waals surface area contributed by atoms with Gasteiger partial charge in [-0.05, 0) is 55.8 Å². The Kier molecular flexibility index (Phi) is 5.41. The Labute approximate surface area is 157 Å². The first-order chi connectivity index (χ1) is 13.0. The maximum atomic E-state index is 12.4. The van der Waals surface area contributed by atoms with Crippen LogP contribution in [0.15, 0.2) is 63.8 Å². The number of nitrogens with zero attached hydrogens (tertiary/aromatic N) is 1. The molecule has 0 amide bonds. The lowest BCUT2D eigenvalue weighted by Gasteiger charge is -2.20. The molecule has 0 aliphatic rings. The number of aromatic hydroxyl groups is 1. The molecule has 0 radical (unpaired) electrons. The van der Waals surface area contributed by atoms with E-state index in [1.54, 1.807) is 30.3 Å². The van der Waals surface area contributed by atoms with Gasteiger partial charge in [-0.15, -0.1) is 0 Å². The van der Waals surface area contributed by atoms with Gasteiger partial charge in [0.25, 0.3) is 0 Å². The van der Waals surface area contributed by atoms with Gasteiger partial charge in [-0.25, -0.2) is 4.79 Å². The largest absolute Gasteiger partial charge is 0.508 e. The first kappa shape index (κ1) is 18.5. The number of anilines is 1. The highest BCUT2D eigenvalue weighted by atomic mass is 16.4. The molecule has 0 aliphatic heterocycles. The molecule has 0 bridgehead atoms. The topological polar surface area (TPSA) is 70.8 Å². The lowest BCUT2D eigenvalue weighted by molar-refractivity contribution is 0.104. The maximum absolute atomic E-state index is 12.4. The van der Waals surface area contributed by atoms with Crippen LogP contribution in [0.3, 0.4) is 0 Å². The van der Waals surface area contributed by atoms with Crippen LogP contribution in [0.25, 0.3) is 17.0 Å². The summed E-state index contributed by atoms with van der Waals surface area (Å²) in [6, 6.07) is 13.7. The smallest absolute Gasteiger partial charge is 0.347 e. The summed E-state index contributed by atoms with van der Waals surface area (Å²) in [4.78, 5) is 26.9. The molecule has 1 heterocycles. The lowest BCUT2D eigenvalue weighted by atomic mass is 10.1. The Bertz CT molecular complexity index is 1060. The van der Waals surface area contributed by atoms with Crippen molar-refractivity contribution < 1.29 is 14.3 Å². The van der Waals surface area contributed by atoms with Crippen molar-refractivity contribution in [2.24, 2.45) is 0 Å². The number of hydrogen-bond acceptors (Lipinski definition) is 5. The van der Waals surface area contributed by atoms with E-state index >= 15 is 0 Å². The van der Waals surface area contributed by atoms with Gasteiger partial charge >= 0.3 is 5.63 Å². The number of carbonyl (C=O) groups excluding carboxylic acids is 1. The average molecular weight is 363 g/mol. The number of hydrogen-bond donors (Lipinski definition) is 1. The van der Waals surface area contributed by atoms with Crippen molar-refractivity contribution >= 4 is 28.5 Å². The highest BCUT2D eigenvalue weighted by molar-refractivity contribution is 6.07. The first-order valence-corrected chi connectivity index (χ1v) is 8.86. The van der Waals surface area contributed by atoms with Crippen LogP contribution in [0.1, 0.15) is 29.8 Å². The summed E-state index contributed by atoms with van der Waals surface area (Å²) >= 11 is 0. The van der Waals surface area contributed by atoms with Crippen LogP contribution in [0.2, 0.25) is 0 Å². The molecule has 0 saturated heterocycles. The zero-order valence-electron chi connectivity index (χ0n) is 15.3. The van der Waals surface area contributed by atoms with E-state index in [-0.39, 0.29) is 11.3 Å². The normalized spacial score (nSPS) is 11.2. The quantitative estimate of drug-likeness (QED) is 0.403. The second kappa shape index (κ2) is 7.91. The van der Waals surface area contributed by atoms with Gasteiger partial charge in [0.05, 0.1) is 0 Å². The number of fused-ring (bicyclic) bond motifs is 1. The Morgan fingerprint density at radius 1 is 1.11 bits per heavy atom. The van der Waals surface area contributed by atoms with Crippen LogP contribution in [0, 0.1) is 0 Å². The van der Waals surface area contributed by atoms with Crippen molar-refractivity contribution in [1.29, 1.82) is 0 Å². The molecule has 0 saturated carbocycles. The molecule has 3 rings (SSSR count). The monoisotopic (exact) mass is 363 g/mol. The van der Waals surface area contributed by atoms with Gasteiger partial charge in [0, 0.05) is 30.2 Å². The third kappa shape index (κ3) is 4.08. The van der Waals surface area contributed by atoms with E-state index in [0.717, 1.165) is 18.8 Å². The summed E-state index contributed by atoms with van der Waals surface area (Å²) in [5, 5.41) is 10.2. The molecular formula is C22H21NO4. The minimum atomic E-state index is -0.662. The number of benzene rings is 2. The standard InChI is InChI=1S/C22H21NO4/c1-3-23(4-2)17-10-9-16-13-19(22(26)27-21(16)14-17)20(25)11-8-15-6-5-7-18(24)12-15/h5-14,24H,3-4H2,1-2H3. The molecule has 0 fully saturated rings. The predicted octanol–water partition coefficient (Wildman–Crippen LogP) is 4.24. The number of ketones is 1. The molecule has 27 heavy (non-hydrogen) atoms. The van der Waals surface area contributed by atoms with Crippen LogP contribution < -0.4 is 10.5 Å². The van der Waals surface area contributed by atoms with Crippen LogP contribution in [0.5, 0.6) is 5.75 Å². The van der Waals surface area contributed by atoms with Gasteiger partial charge in [0.15, 0.2) is 5.78 Å². The minimum Gasteiger partial charge on any atom is -0.508 e. The summed E-state index contributed by atoms with van der Waals surface area (Å²) in [6.07, 6.45) is 2.85. The van der Waals surface area contributed by atoms with E-state index in [2.05, 4.69) is 18.7 Å². The van der Waals surface area contributed by atoms with E-state index in [1.807, 2.05) is 18.2 Å². The van der Waals surface area contributed by atoms with Crippen molar-refractivity contribution in [2.75, 3.05) is 18.0 Å². The van der Waals surface area contributed by atoms with E-state index in [4.69, 9.17) is 4.42 Å². The van der Waals surface area contributed by atoms with Crippen LogP contribution in [0.4, 0.5) is 5.69 Å². The van der Waals surface area contributed by atoms with Crippen molar-refractivity contribution in [2.45, 2.75) is 13.8 Å². The summed E-state index contributed by atoms with van der Waals surface area (Å²) in [6.45, 7) is 5.82. The molecule has 0 aliphatic carbocycles. The average Bonchev–Trinajstić information content (AvgIpc) is 2.66. The second-order valence-electron chi connectivity index (χ2n) is 6.13. The van der Waals surface area contributed by atoms with Crippen molar-refractivity contribution in [3.63, 3.8) is 0 Å². The molecule has 1 aromatic heterocycles. The van der Waals surface area contributed by atoms with Gasteiger partial charge in [-0.3, -0.25) is 4.79 Å². The fraction of sp³-hybridized carbons (Fsp3) is 0.182. The number of carbonyl (C=O) groups is 1. The van der Waals surface area contributed by atoms with E-state index in [1.165, 1.54) is 12.1 Å². The molecule has 5 nitrogen and oxygen atoms in total. The van der Waals surface area contributed by atoms with Gasteiger partial charge < -0.3 is 14.4 Å². The first-order valence-electron chi connectivity index (χ1n) is 8.86. The maximum Gasteiger partial charge on any atom is 0.347 e. The van der Waals surface area contributed by atoms with Gasteiger partial charge in [-0.1, -0.05) is 18.2 Å². The number of phenols is 1. The summed E-state index contributed by atoms with van der Waals surface area (Å²) < 4.78 is 5.39. The molecule has 2 aromatic carbocycles. The Morgan fingerprint density at radius 3 is 2.59 bits per heavy atom. The lowest BCUT2D eigenvalue weighted by Crippen LogP contribution is -2.21. The Morgan fingerprint density at radius 2 is 1.89 bits per heavy atom. The zero-order valence-corrected chi connectivity index (χ0v) is 15.3. The van der Waals surface area contributed by atoms with Gasteiger partial charge in [-0.2, -0.15) is 0 Å². The van der Waals surface area contributed by atoms with Crippen molar-refractivity contribution in [3.05, 3.63) is 76.2 Å². The molecule has 138 valence electrons. The highest BCUT2D eigenvalue weighted by Crippen LogP contribution is 2.22. The molecule has 0 atom stereocenters. The fourth-order valence-corrected chi connectivity index (χ4v) is 2.95. The molecule has 1 N–H and O–H groups in total. The van der Waals surface area contributed by atoms with E-state index < -0.39 is 11.4 Å². The van der Waals surface area contributed by atoms with E-state index in [9.17, 15) is 14.7 Å². The summed E-state index contributed by atoms with van der Waals surface area (Å²) in [5.74, 6) is -0.333. The number of rotatable bonds is 6. The Balaban J connectivity index is 1.93. The van der Waals surface area contributed by atoms with Crippen LogP contribution in [-0.4, -0.2) is 24.0 Å². The Hall–Kier alpha value is -3.34. The fourth-order valence-electron chi connectivity index (χ4n) is 2.95. The van der Waals surface area contributed by atoms with Crippen molar-refractivity contribution in [1.82, 2.24) is 0 Å². The zero-order chi connectivity index (χ0) is 19.4. The predicted molar refractivity (Wildman–Crippen MR) is 108 cm³/mol. The third-order valence-electron chi connectivity index (χ3n) is 4.41. The minimum absolute atomic E-state index is 0.0190. The molecular weight excluding hydrogens is 342 g/mol. The van der Waals surface area contributed by atoms with Crippen LogP contribution in [-0.2, 0) is 0 Å².